The van der Waals surface area contributed by atoms with Crippen molar-refractivity contribution in [2.75, 3.05) is 26.4 Å². The SMILES string of the molecule is CC1CC(N(C)C(=O)CCc2ccccc2N)CCN1C. The van der Waals surface area contributed by atoms with Crippen LogP contribution in [0, 0.1) is 0 Å². The van der Waals surface area contributed by atoms with Crippen LogP contribution in [-0.4, -0.2) is 48.4 Å². The molecule has 2 atom stereocenters. The van der Waals surface area contributed by atoms with Gasteiger partial charge in [-0.05, 0) is 44.9 Å². The summed E-state index contributed by atoms with van der Waals surface area (Å²) in [5, 5.41) is 0. The lowest BCUT2D eigenvalue weighted by atomic mass is 9.97. The monoisotopic (exact) mass is 289 g/mol. The molecule has 2 N–H and O–H groups in total. The Kier molecular flexibility index (Phi) is 5.23. The quantitative estimate of drug-likeness (QED) is 0.864. The van der Waals surface area contributed by atoms with Crippen LogP contribution in [0.4, 0.5) is 5.69 Å². The number of piperidine rings is 1. The van der Waals surface area contributed by atoms with E-state index in [1.165, 1.54) is 0 Å². The van der Waals surface area contributed by atoms with E-state index in [2.05, 4.69) is 18.9 Å². The number of aryl methyl sites for hydroxylation is 1. The van der Waals surface area contributed by atoms with E-state index in [9.17, 15) is 4.79 Å². The summed E-state index contributed by atoms with van der Waals surface area (Å²) in [5.41, 5.74) is 7.77. The van der Waals surface area contributed by atoms with Gasteiger partial charge in [0.1, 0.15) is 0 Å². The molecular formula is C17H27N3O. The molecule has 1 fully saturated rings. The van der Waals surface area contributed by atoms with Crippen molar-refractivity contribution in [1.82, 2.24) is 9.80 Å². The summed E-state index contributed by atoms with van der Waals surface area (Å²) in [6.45, 7) is 3.30. The predicted molar refractivity (Wildman–Crippen MR) is 87.1 cm³/mol. The van der Waals surface area contributed by atoms with E-state index in [1.807, 2.05) is 36.2 Å². The van der Waals surface area contributed by atoms with Crippen LogP contribution in [0.3, 0.4) is 0 Å². The molecule has 1 aliphatic heterocycles. The fraction of sp³-hybridized carbons (Fsp3) is 0.588. The lowest BCUT2D eigenvalue weighted by Crippen LogP contribution is -2.48. The van der Waals surface area contributed by atoms with Gasteiger partial charge in [0.15, 0.2) is 0 Å². The third-order valence-electron chi connectivity index (χ3n) is 4.79. The average Bonchev–Trinajstić information content (AvgIpc) is 2.48. The Morgan fingerprint density at radius 3 is 2.81 bits per heavy atom. The van der Waals surface area contributed by atoms with Crippen LogP contribution in [0.2, 0.25) is 0 Å². The number of nitrogens with two attached hydrogens (primary N) is 1. The molecule has 0 radical (unpaired) electrons. The molecule has 1 aromatic rings. The summed E-state index contributed by atoms with van der Waals surface area (Å²) < 4.78 is 0. The van der Waals surface area contributed by atoms with Crippen molar-refractivity contribution in [3.05, 3.63) is 29.8 Å². The van der Waals surface area contributed by atoms with Crippen LogP contribution in [-0.2, 0) is 11.2 Å². The van der Waals surface area contributed by atoms with Gasteiger partial charge in [-0.2, -0.15) is 0 Å². The summed E-state index contributed by atoms with van der Waals surface area (Å²) in [4.78, 5) is 16.7. The van der Waals surface area contributed by atoms with Crippen LogP contribution >= 0.6 is 0 Å². The molecule has 4 heteroatoms. The summed E-state index contributed by atoms with van der Waals surface area (Å²) in [6, 6.07) is 8.70. The first-order chi connectivity index (χ1) is 9.99. The maximum atomic E-state index is 12.4. The van der Waals surface area contributed by atoms with Crippen molar-refractivity contribution in [3.63, 3.8) is 0 Å². The molecule has 1 heterocycles. The first-order valence-corrected chi connectivity index (χ1v) is 7.78. The normalized spacial score (nSPS) is 23.0. The van der Waals surface area contributed by atoms with Crippen molar-refractivity contribution in [3.8, 4) is 0 Å². The molecule has 21 heavy (non-hydrogen) atoms. The topological polar surface area (TPSA) is 49.6 Å². The Labute approximate surface area is 127 Å². The molecule has 1 aliphatic rings. The standard InChI is InChI=1S/C17H27N3O/c1-13-12-15(10-11-19(13)2)20(3)17(21)9-8-14-6-4-5-7-16(14)18/h4-7,13,15H,8-12,18H2,1-3H3. The second-order valence-electron chi connectivity index (χ2n) is 6.21. The molecule has 1 amide bonds. The summed E-state index contributed by atoms with van der Waals surface area (Å²) in [7, 11) is 4.10. The number of carbonyl (C=O) groups is 1. The van der Waals surface area contributed by atoms with Crippen LogP contribution < -0.4 is 5.73 Å². The van der Waals surface area contributed by atoms with Crippen molar-refractivity contribution in [2.45, 2.75) is 44.7 Å². The second-order valence-corrected chi connectivity index (χ2v) is 6.21. The van der Waals surface area contributed by atoms with Gasteiger partial charge in [-0.1, -0.05) is 18.2 Å². The number of nitrogen functional groups attached to an aromatic ring is 1. The van der Waals surface area contributed by atoms with Crippen molar-refractivity contribution in [2.24, 2.45) is 0 Å². The third-order valence-corrected chi connectivity index (χ3v) is 4.79. The molecule has 0 aliphatic carbocycles. The average molecular weight is 289 g/mol. The molecule has 0 saturated carbocycles. The van der Waals surface area contributed by atoms with E-state index in [0.717, 1.165) is 37.1 Å². The molecule has 0 aromatic heterocycles. The van der Waals surface area contributed by atoms with Gasteiger partial charge in [0, 0.05) is 37.8 Å². The van der Waals surface area contributed by atoms with Crippen molar-refractivity contribution in [1.29, 1.82) is 0 Å². The van der Waals surface area contributed by atoms with E-state index in [0.29, 0.717) is 18.5 Å². The summed E-state index contributed by atoms with van der Waals surface area (Å²) in [5.74, 6) is 0.222. The number of benzene rings is 1. The highest BCUT2D eigenvalue weighted by molar-refractivity contribution is 5.76. The Morgan fingerprint density at radius 1 is 1.43 bits per heavy atom. The molecule has 0 spiro atoms. The summed E-state index contributed by atoms with van der Waals surface area (Å²) in [6.07, 6.45) is 3.38. The number of hydrogen-bond acceptors (Lipinski definition) is 3. The molecule has 2 unspecified atom stereocenters. The number of anilines is 1. The fourth-order valence-electron chi connectivity index (χ4n) is 3.00. The van der Waals surface area contributed by atoms with E-state index >= 15 is 0 Å². The first-order valence-electron chi connectivity index (χ1n) is 7.78. The number of para-hydroxylation sites is 1. The lowest BCUT2D eigenvalue weighted by molar-refractivity contribution is -0.133. The number of rotatable bonds is 4. The van der Waals surface area contributed by atoms with Crippen LogP contribution in [0.1, 0.15) is 31.7 Å². The van der Waals surface area contributed by atoms with Gasteiger partial charge in [0.2, 0.25) is 5.91 Å². The largest absolute Gasteiger partial charge is 0.399 e. The number of amides is 1. The highest BCUT2D eigenvalue weighted by Gasteiger charge is 2.27. The Balaban J connectivity index is 1.87. The van der Waals surface area contributed by atoms with Crippen molar-refractivity contribution >= 4 is 11.6 Å². The van der Waals surface area contributed by atoms with Gasteiger partial charge in [-0.3, -0.25) is 4.79 Å². The minimum Gasteiger partial charge on any atom is -0.399 e. The minimum absolute atomic E-state index is 0.222. The van der Waals surface area contributed by atoms with E-state index in [-0.39, 0.29) is 5.91 Å². The molecule has 1 saturated heterocycles. The van der Waals surface area contributed by atoms with Crippen LogP contribution in [0.25, 0.3) is 0 Å². The maximum Gasteiger partial charge on any atom is 0.222 e. The zero-order valence-electron chi connectivity index (χ0n) is 13.4. The first kappa shape index (κ1) is 15.8. The molecule has 4 nitrogen and oxygen atoms in total. The highest BCUT2D eigenvalue weighted by Crippen LogP contribution is 2.21. The molecular weight excluding hydrogens is 262 g/mol. The number of nitrogens with zero attached hydrogens (tertiary/aromatic N) is 2. The minimum atomic E-state index is 0.222. The number of hydrogen-bond donors (Lipinski definition) is 1. The molecule has 2 rings (SSSR count). The highest BCUT2D eigenvalue weighted by atomic mass is 16.2. The zero-order chi connectivity index (χ0) is 15.4. The van der Waals surface area contributed by atoms with Gasteiger partial charge in [0.25, 0.3) is 0 Å². The van der Waals surface area contributed by atoms with Crippen LogP contribution in [0.5, 0.6) is 0 Å². The Bertz CT molecular complexity index is 489. The van der Waals surface area contributed by atoms with Gasteiger partial charge in [-0.15, -0.1) is 0 Å². The van der Waals surface area contributed by atoms with Gasteiger partial charge >= 0.3 is 0 Å². The molecule has 0 bridgehead atoms. The van der Waals surface area contributed by atoms with Crippen molar-refractivity contribution < 1.29 is 4.79 Å². The van der Waals surface area contributed by atoms with Gasteiger partial charge in [0.05, 0.1) is 0 Å². The number of likely N-dealkylation sites (tertiary alicyclic amines) is 1. The number of carbonyl (C=O) groups excluding carboxylic acids is 1. The Hall–Kier alpha value is -1.55. The van der Waals surface area contributed by atoms with E-state index in [4.69, 9.17) is 5.73 Å². The van der Waals surface area contributed by atoms with E-state index < -0.39 is 0 Å². The lowest BCUT2D eigenvalue weighted by Gasteiger charge is -2.39. The fourth-order valence-corrected chi connectivity index (χ4v) is 3.00. The smallest absolute Gasteiger partial charge is 0.222 e. The van der Waals surface area contributed by atoms with Gasteiger partial charge in [-0.25, -0.2) is 0 Å². The van der Waals surface area contributed by atoms with Gasteiger partial charge < -0.3 is 15.5 Å². The predicted octanol–water partition coefficient (Wildman–Crippen LogP) is 2.14. The molecule has 1 aromatic carbocycles. The molecule has 116 valence electrons. The Morgan fingerprint density at radius 2 is 2.14 bits per heavy atom. The third kappa shape index (κ3) is 3.97. The zero-order valence-corrected chi connectivity index (χ0v) is 13.4. The van der Waals surface area contributed by atoms with Crippen LogP contribution in [0.15, 0.2) is 24.3 Å². The van der Waals surface area contributed by atoms with E-state index in [1.54, 1.807) is 0 Å². The maximum absolute atomic E-state index is 12.4. The second kappa shape index (κ2) is 6.94. The summed E-state index contributed by atoms with van der Waals surface area (Å²) >= 11 is 0.